The zero-order chi connectivity index (χ0) is 15.4. The highest BCUT2D eigenvalue weighted by atomic mass is 35.5. The van der Waals surface area contributed by atoms with Crippen LogP contribution in [0.15, 0.2) is 12.1 Å². The summed E-state index contributed by atoms with van der Waals surface area (Å²) in [6.07, 6.45) is -1.96. The molecule has 0 aliphatic heterocycles. The first kappa shape index (κ1) is 16.1. The van der Waals surface area contributed by atoms with Gasteiger partial charge in [-0.3, -0.25) is 0 Å². The van der Waals surface area contributed by atoms with Crippen molar-refractivity contribution in [1.29, 1.82) is 0 Å². The Hall–Kier alpha value is -1.27. The lowest BCUT2D eigenvalue weighted by atomic mass is 10.2. The van der Waals surface area contributed by atoms with E-state index in [-0.39, 0.29) is 12.4 Å². The maximum absolute atomic E-state index is 13.6. The number of alkyl halides is 3. The van der Waals surface area contributed by atoms with Crippen LogP contribution in [0, 0.1) is 12.7 Å². The molecule has 0 saturated heterocycles. The Morgan fingerprint density at radius 2 is 2.14 bits per heavy atom. The zero-order valence-corrected chi connectivity index (χ0v) is 12.3. The normalized spacial score (nSPS) is 11.7. The predicted molar refractivity (Wildman–Crippen MR) is 75.7 cm³/mol. The molecule has 0 bridgehead atoms. The maximum atomic E-state index is 13.6. The van der Waals surface area contributed by atoms with E-state index in [2.05, 4.69) is 4.98 Å². The predicted octanol–water partition coefficient (Wildman–Crippen LogP) is 3.55. The molecule has 21 heavy (non-hydrogen) atoms. The molecular formula is C14H16ClF3N2O. The van der Waals surface area contributed by atoms with Crippen LogP contribution in [0.4, 0.5) is 13.2 Å². The van der Waals surface area contributed by atoms with Gasteiger partial charge in [0.1, 0.15) is 18.2 Å². The molecular weight excluding hydrogens is 305 g/mol. The summed E-state index contributed by atoms with van der Waals surface area (Å²) in [7, 11) is 0. The van der Waals surface area contributed by atoms with Gasteiger partial charge < -0.3 is 9.30 Å². The molecule has 0 unspecified atom stereocenters. The molecule has 116 valence electrons. The smallest absolute Gasteiger partial charge is 0.261 e. The van der Waals surface area contributed by atoms with E-state index in [0.29, 0.717) is 35.8 Å². The van der Waals surface area contributed by atoms with Crippen LogP contribution < -0.4 is 0 Å². The van der Waals surface area contributed by atoms with Crippen molar-refractivity contribution in [3.05, 3.63) is 29.3 Å². The van der Waals surface area contributed by atoms with Crippen molar-refractivity contribution in [2.75, 3.05) is 19.1 Å². The van der Waals surface area contributed by atoms with E-state index < -0.39 is 13.0 Å². The lowest BCUT2D eigenvalue weighted by Gasteiger charge is -2.09. The van der Waals surface area contributed by atoms with Gasteiger partial charge in [-0.15, -0.1) is 11.6 Å². The van der Waals surface area contributed by atoms with E-state index >= 15 is 0 Å². The molecule has 2 rings (SSSR count). The fraction of sp³-hybridized carbons (Fsp3) is 0.500. The lowest BCUT2D eigenvalue weighted by molar-refractivity contribution is 0.0148. The second-order valence-electron chi connectivity index (χ2n) is 4.67. The van der Waals surface area contributed by atoms with Crippen molar-refractivity contribution in [3.8, 4) is 0 Å². The Morgan fingerprint density at radius 3 is 2.81 bits per heavy atom. The van der Waals surface area contributed by atoms with Gasteiger partial charge in [0.2, 0.25) is 0 Å². The van der Waals surface area contributed by atoms with Crippen LogP contribution >= 0.6 is 11.6 Å². The first-order valence-corrected chi connectivity index (χ1v) is 7.13. The van der Waals surface area contributed by atoms with Gasteiger partial charge in [-0.2, -0.15) is 0 Å². The molecule has 3 nitrogen and oxygen atoms in total. The van der Waals surface area contributed by atoms with Crippen molar-refractivity contribution in [2.45, 2.75) is 26.3 Å². The minimum Gasteiger partial charge on any atom is -0.374 e. The molecule has 2 aromatic rings. The number of imidazole rings is 1. The second kappa shape index (κ2) is 7.13. The van der Waals surface area contributed by atoms with Gasteiger partial charge in [0.05, 0.1) is 17.6 Å². The molecule has 0 saturated carbocycles. The minimum atomic E-state index is -2.48. The Bertz CT molecular complexity index is 616. The van der Waals surface area contributed by atoms with E-state index in [0.717, 1.165) is 5.52 Å². The van der Waals surface area contributed by atoms with Crippen molar-refractivity contribution in [1.82, 2.24) is 9.55 Å². The average Bonchev–Trinajstić information content (AvgIpc) is 2.73. The van der Waals surface area contributed by atoms with E-state index in [1.165, 1.54) is 6.07 Å². The van der Waals surface area contributed by atoms with Crippen molar-refractivity contribution in [2.24, 2.45) is 0 Å². The van der Waals surface area contributed by atoms with E-state index in [4.69, 9.17) is 16.3 Å². The number of aromatic nitrogens is 2. The molecule has 0 fully saturated rings. The van der Waals surface area contributed by atoms with Gasteiger partial charge in [0.15, 0.2) is 0 Å². The third-order valence-corrected chi connectivity index (χ3v) is 3.32. The molecule has 0 aliphatic carbocycles. The third-order valence-electron chi connectivity index (χ3n) is 3.13. The summed E-state index contributed by atoms with van der Waals surface area (Å²) in [5.41, 5.74) is 1.80. The molecule has 0 aliphatic rings. The lowest BCUT2D eigenvalue weighted by Crippen LogP contribution is -2.13. The molecule has 0 amide bonds. The van der Waals surface area contributed by atoms with Crippen LogP contribution in [0.1, 0.15) is 11.4 Å². The SMILES string of the molecule is Cc1cc2c(cc1F)nc(CCCl)n2CCOCC(F)F. The van der Waals surface area contributed by atoms with Crippen LogP contribution in [-0.2, 0) is 17.7 Å². The molecule has 0 N–H and O–H groups in total. The minimum absolute atomic E-state index is 0.140. The van der Waals surface area contributed by atoms with Crippen LogP contribution in [0.5, 0.6) is 0 Å². The summed E-state index contributed by atoms with van der Waals surface area (Å²) in [6.45, 7) is 1.59. The van der Waals surface area contributed by atoms with Crippen LogP contribution in [0.25, 0.3) is 11.0 Å². The summed E-state index contributed by atoms with van der Waals surface area (Å²) < 4.78 is 44.4. The van der Waals surface area contributed by atoms with Crippen LogP contribution in [0.2, 0.25) is 0 Å². The second-order valence-corrected chi connectivity index (χ2v) is 5.05. The molecule has 1 heterocycles. The first-order chi connectivity index (χ1) is 10.0. The number of rotatable bonds is 7. The van der Waals surface area contributed by atoms with Crippen LogP contribution in [0.3, 0.4) is 0 Å². The monoisotopic (exact) mass is 320 g/mol. The Balaban J connectivity index is 2.25. The standard InChI is InChI=1S/C14H16ClF3N2O/c1-9-6-12-11(7-10(9)16)19-14(2-3-15)20(12)4-5-21-8-13(17)18/h6-7,13H,2-5,8H2,1H3. The van der Waals surface area contributed by atoms with Gasteiger partial charge in [-0.05, 0) is 18.6 Å². The van der Waals surface area contributed by atoms with Crippen molar-refractivity contribution in [3.63, 3.8) is 0 Å². The summed E-state index contributed by atoms with van der Waals surface area (Å²) in [5, 5.41) is 0. The Kier molecular flexibility index (Phi) is 5.47. The zero-order valence-electron chi connectivity index (χ0n) is 11.6. The molecule has 7 heteroatoms. The fourth-order valence-electron chi connectivity index (χ4n) is 2.15. The van der Waals surface area contributed by atoms with E-state index in [1.54, 1.807) is 13.0 Å². The fourth-order valence-corrected chi connectivity index (χ4v) is 2.32. The summed E-state index contributed by atoms with van der Waals surface area (Å²) in [4.78, 5) is 4.35. The quantitative estimate of drug-likeness (QED) is 0.576. The highest BCUT2D eigenvalue weighted by Crippen LogP contribution is 2.21. The van der Waals surface area contributed by atoms with Gasteiger partial charge in [-0.25, -0.2) is 18.2 Å². The highest BCUT2D eigenvalue weighted by molar-refractivity contribution is 6.17. The van der Waals surface area contributed by atoms with Gasteiger partial charge >= 0.3 is 0 Å². The Labute approximate surface area is 125 Å². The summed E-state index contributed by atoms with van der Waals surface area (Å²) in [5.74, 6) is 0.757. The summed E-state index contributed by atoms with van der Waals surface area (Å²) >= 11 is 5.74. The number of ether oxygens (including phenoxy) is 1. The number of aryl methyl sites for hydroxylation is 2. The highest BCUT2D eigenvalue weighted by Gasteiger charge is 2.13. The molecule has 0 atom stereocenters. The van der Waals surface area contributed by atoms with Crippen molar-refractivity contribution >= 4 is 22.6 Å². The van der Waals surface area contributed by atoms with Crippen LogP contribution in [-0.4, -0.2) is 35.1 Å². The largest absolute Gasteiger partial charge is 0.374 e. The molecule has 0 spiro atoms. The maximum Gasteiger partial charge on any atom is 0.261 e. The van der Waals surface area contributed by atoms with E-state index in [9.17, 15) is 13.2 Å². The van der Waals surface area contributed by atoms with Gasteiger partial charge in [0, 0.05) is 24.9 Å². The van der Waals surface area contributed by atoms with Gasteiger partial charge in [-0.1, -0.05) is 0 Å². The third kappa shape index (κ3) is 3.89. The number of benzene rings is 1. The number of nitrogens with zero attached hydrogens (tertiary/aromatic N) is 2. The molecule has 1 aromatic carbocycles. The molecule has 1 aromatic heterocycles. The van der Waals surface area contributed by atoms with E-state index in [1.807, 2.05) is 4.57 Å². The number of halogens is 4. The van der Waals surface area contributed by atoms with Gasteiger partial charge in [0.25, 0.3) is 6.43 Å². The first-order valence-electron chi connectivity index (χ1n) is 6.60. The average molecular weight is 321 g/mol. The number of hydrogen-bond acceptors (Lipinski definition) is 2. The Morgan fingerprint density at radius 1 is 1.38 bits per heavy atom. The van der Waals surface area contributed by atoms with Crippen molar-refractivity contribution < 1.29 is 17.9 Å². The number of fused-ring (bicyclic) bond motifs is 1. The molecule has 0 radical (unpaired) electrons. The number of hydrogen-bond donors (Lipinski definition) is 0. The topological polar surface area (TPSA) is 27.1 Å². The summed E-state index contributed by atoms with van der Waals surface area (Å²) in [6, 6.07) is 3.07.